The Labute approximate surface area is 93.5 Å². The molecule has 3 atom stereocenters. The second-order valence-electron chi connectivity index (χ2n) is 4.29. The molecule has 3 nitrogen and oxygen atoms in total. The first kappa shape index (κ1) is 12.9. The van der Waals surface area contributed by atoms with Gasteiger partial charge in [-0.05, 0) is 39.2 Å². The van der Waals surface area contributed by atoms with E-state index < -0.39 is 0 Å². The smallest absolute Gasteiger partial charge is 0.0721 e. The van der Waals surface area contributed by atoms with Gasteiger partial charge in [0, 0.05) is 19.8 Å². The molecule has 3 heteroatoms. The first-order chi connectivity index (χ1) is 7.31. The van der Waals surface area contributed by atoms with Crippen LogP contribution in [0, 0.1) is 0 Å². The summed E-state index contributed by atoms with van der Waals surface area (Å²) in [4.78, 5) is 0. The lowest BCUT2D eigenvalue weighted by atomic mass is 10.00. The number of hydrogen-bond donors (Lipinski definition) is 1. The van der Waals surface area contributed by atoms with Gasteiger partial charge in [-0.25, -0.2) is 0 Å². The molecule has 1 fully saturated rings. The van der Waals surface area contributed by atoms with Crippen molar-refractivity contribution in [3.8, 4) is 0 Å². The van der Waals surface area contributed by atoms with Crippen LogP contribution < -0.4 is 5.32 Å². The number of rotatable bonds is 7. The molecule has 1 saturated heterocycles. The molecule has 0 amide bonds. The van der Waals surface area contributed by atoms with Gasteiger partial charge >= 0.3 is 0 Å². The molecule has 1 N–H and O–H groups in total. The van der Waals surface area contributed by atoms with Crippen LogP contribution in [0.3, 0.4) is 0 Å². The van der Waals surface area contributed by atoms with Gasteiger partial charge in [-0.1, -0.05) is 6.92 Å². The molecule has 0 radical (unpaired) electrons. The molecule has 0 spiro atoms. The maximum atomic E-state index is 5.63. The molecule has 0 saturated carbocycles. The van der Waals surface area contributed by atoms with E-state index in [0.717, 1.165) is 25.9 Å². The highest BCUT2D eigenvalue weighted by Crippen LogP contribution is 2.19. The monoisotopic (exact) mass is 215 g/mol. The third-order valence-electron chi connectivity index (χ3n) is 3.35. The summed E-state index contributed by atoms with van der Waals surface area (Å²) in [7, 11) is 3.81. The Morgan fingerprint density at radius 2 is 2.33 bits per heavy atom. The van der Waals surface area contributed by atoms with Crippen LogP contribution in [0.1, 0.15) is 39.0 Å². The predicted octanol–water partition coefficient (Wildman–Crippen LogP) is 1.96. The highest BCUT2D eigenvalue weighted by Gasteiger charge is 2.21. The molecular formula is C12H25NO2. The van der Waals surface area contributed by atoms with Crippen LogP contribution in [-0.4, -0.2) is 39.0 Å². The maximum absolute atomic E-state index is 5.63. The third kappa shape index (κ3) is 4.09. The van der Waals surface area contributed by atoms with Gasteiger partial charge in [0.1, 0.15) is 0 Å². The van der Waals surface area contributed by atoms with Crippen LogP contribution in [0.25, 0.3) is 0 Å². The average molecular weight is 215 g/mol. The Bertz CT molecular complexity index is 154. The molecule has 0 aliphatic carbocycles. The lowest BCUT2D eigenvalue weighted by molar-refractivity contribution is 0.0525. The zero-order chi connectivity index (χ0) is 11.1. The molecule has 0 bridgehead atoms. The van der Waals surface area contributed by atoms with Crippen molar-refractivity contribution in [3.63, 3.8) is 0 Å². The molecular weight excluding hydrogens is 190 g/mol. The third-order valence-corrected chi connectivity index (χ3v) is 3.35. The van der Waals surface area contributed by atoms with Gasteiger partial charge in [-0.2, -0.15) is 0 Å². The summed E-state index contributed by atoms with van der Waals surface area (Å²) in [5, 5.41) is 3.35. The molecule has 1 aliphatic heterocycles. The fourth-order valence-electron chi connectivity index (χ4n) is 2.37. The zero-order valence-corrected chi connectivity index (χ0v) is 10.3. The molecule has 1 heterocycles. The minimum atomic E-state index is 0.330. The summed E-state index contributed by atoms with van der Waals surface area (Å²) in [5.74, 6) is 0. The van der Waals surface area contributed by atoms with Gasteiger partial charge in [0.05, 0.1) is 12.2 Å². The normalized spacial score (nSPS) is 25.4. The fourth-order valence-corrected chi connectivity index (χ4v) is 2.37. The van der Waals surface area contributed by atoms with Crippen LogP contribution >= 0.6 is 0 Å². The Balaban J connectivity index is 2.25. The molecule has 90 valence electrons. The minimum Gasteiger partial charge on any atom is -0.380 e. The number of ether oxygens (including phenoxy) is 2. The van der Waals surface area contributed by atoms with E-state index in [4.69, 9.17) is 9.47 Å². The van der Waals surface area contributed by atoms with Crippen molar-refractivity contribution in [2.24, 2.45) is 0 Å². The van der Waals surface area contributed by atoms with Crippen molar-refractivity contribution in [1.82, 2.24) is 5.32 Å². The van der Waals surface area contributed by atoms with E-state index in [1.807, 2.05) is 7.05 Å². The summed E-state index contributed by atoms with van der Waals surface area (Å²) in [6.45, 7) is 3.13. The van der Waals surface area contributed by atoms with E-state index in [1.54, 1.807) is 7.11 Å². The van der Waals surface area contributed by atoms with Crippen LogP contribution in [-0.2, 0) is 9.47 Å². The number of hydrogen-bond acceptors (Lipinski definition) is 3. The molecule has 0 aromatic rings. The summed E-state index contributed by atoms with van der Waals surface area (Å²) < 4.78 is 11.1. The molecule has 1 aliphatic rings. The second-order valence-corrected chi connectivity index (χ2v) is 4.29. The Kier molecular flexibility index (Phi) is 6.22. The number of nitrogens with one attached hydrogen (secondary N) is 1. The van der Waals surface area contributed by atoms with Crippen molar-refractivity contribution in [3.05, 3.63) is 0 Å². The lowest BCUT2D eigenvalue weighted by Gasteiger charge is -2.25. The highest BCUT2D eigenvalue weighted by molar-refractivity contribution is 4.77. The fraction of sp³-hybridized carbons (Fsp3) is 1.00. The van der Waals surface area contributed by atoms with E-state index in [1.165, 1.54) is 12.8 Å². The van der Waals surface area contributed by atoms with Gasteiger partial charge in [0.25, 0.3) is 0 Å². The van der Waals surface area contributed by atoms with Gasteiger partial charge in [0.2, 0.25) is 0 Å². The Morgan fingerprint density at radius 1 is 1.53 bits per heavy atom. The van der Waals surface area contributed by atoms with Crippen molar-refractivity contribution >= 4 is 0 Å². The average Bonchev–Trinajstić information content (AvgIpc) is 2.77. The number of likely N-dealkylation sites (N-methyl/N-ethyl adjacent to an activating group) is 1. The van der Waals surface area contributed by atoms with E-state index in [-0.39, 0.29) is 0 Å². The van der Waals surface area contributed by atoms with E-state index in [9.17, 15) is 0 Å². The number of methoxy groups -OCH3 is 1. The van der Waals surface area contributed by atoms with Crippen molar-refractivity contribution in [2.75, 3.05) is 20.8 Å². The molecule has 0 aromatic heterocycles. The minimum absolute atomic E-state index is 0.330. The van der Waals surface area contributed by atoms with Crippen molar-refractivity contribution in [2.45, 2.75) is 57.3 Å². The van der Waals surface area contributed by atoms with Gasteiger partial charge in [-0.3, -0.25) is 0 Å². The Morgan fingerprint density at radius 3 is 2.80 bits per heavy atom. The molecule has 1 rings (SSSR count). The van der Waals surface area contributed by atoms with Gasteiger partial charge in [0.15, 0.2) is 0 Å². The first-order valence-corrected chi connectivity index (χ1v) is 6.13. The second kappa shape index (κ2) is 7.20. The largest absolute Gasteiger partial charge is 0.380 e. The first-order valence-electron chi connectivity index (χ1n) is 6.13. The van der Waals surface area contributed by atoms with Crippen LogP contribution in [0.15, 0.2) is 0 Å². The van der Waals surface area contributed by atoms with Crippen LogP contribution in [0.4, 0.5) is 0 Å². The quantitative estimate of drug-likeness (QED) is 0.704. The van der Waals surface area contributed by atoms with E-state index in [0.29, 0.717) is 18.2 Å². The van der Waals surface area contributed by atoms with Crippen LogP contribution in [0.5, 0.6) is 0 Å². The lowest BCUT2D eigenvalue weighted by Crippen LogP contribution is -2.39. The van der Waals surface area contributed by atoms with E-state index >= 15 is 0 Å². The topological polar surface area (TPSA) is 30.5 Å². The summed E-state index contributed by atoms with van der Waals surface area (Å²) in [6, 6.07) is 0.462. The SMILES string of the molecule is CCC(OC)C(CCC1CCCO1)NC. The summed E-state index contributed by atoms with van der Waals surface area (Å²) in [5.41, 5.74) is 0. The summed E-state index contributed by atoms with van der Waals surface area (Å²) >= 11 is 0. The highest BCUT2D eigenvalue weighted by atomic mass is 16.5. The standard InChI is InChI=1S/C12H25NO2/c1-4-12(14-3)11(13-2)8-7-10-6-5-9-15-10/h10-13H,4-9H2,1-3H3. The maximum Gasteiger partial charge on any atom is 0.0721 e. The van der Waals surface area contributed by atoms with Gasteiger partial charge in [-0.15, -0.1) is 0 Å². The van der Waals surface area contributed by atoms with Crippen LogP contribution in [0.2, 0.25) is 0 Å². The molecule has 0 aromatic carbocycles. The van der Waals surface area contributed by atoms with Crippen molar-refractivity contribution < 1.29 is 9.47 Å². The Hall–Kier alpha value is -0.120. The molecule has 3 unspecified atom stereocenters. The predicted molar refractivity (Wildman–Crippen MR) is 62.1 cm³/mol. The van der Waals surface area contributed by atoms with Crippen molar-refractivity contribution in [1.29, 1.82) is 0 Å². The molecule has 15 heavy (non-hydrogen) atoms. The van der Waals surface area contributed by atoms with E-state index in [2.05, 4.69) is 12.2 Å². The van der Waals surface area contributed by atoms with Gasteiger partial charge < -0.3 is 14.8 Å². The zero-order valence-electron chi connectivity index (χ0n) is 10.3. The summed E-state index contributed by atoms with van der Waals surface area (Å²) in [6.07, 6.45) is 6.66.